The molecule has 0 fully saturated rings. The van der Waals surface area contributed by atoms with Crippen molar-refractivity contribution in [1.29, 1.82) is 0 Å². The van der Waals surface area contributed by atoms with Gasteiger partial charge in [-0.15, -0.1) is 0 Å². The number of anilines is 1. The molecule has 2 rings (SSSR count). The van der Waals surface area contributed by atoms with Gasteiger partial charge in [0.15, 0.2) is 5.82 Å². The van der Waals surface area contributed by atoms with Crippen molar-refractivity contribution in [3.8, 4) is 0 Å². The third-order valence-corrected chi connectivity index (χ3v) is 4.08. The van der Waals surface area contributed by atoms with E-state index in [1.165, 1.54) is 6.33 Å². The van der Waals surface area contributed by atoms with Gasteiger partial charge in [-0.2, -0.15) is 5.10 Å². The summed E-state index contributed by atoms with van der Waals surface area (Å²) < 4.78 is 7.06. The molecular formula is C19H26N4O2. The number of rotatable bonds is 8. The van der Waals surface area contributed by atoms with Crippen LogP contribution >= 0.6 is 0 Å². The highest BCUT2D eigenvalue weighted by molar-refractivity contribution is 5.74. The molecule has 0 radical (unpaired) electrons. The second-order valence-corrected chi connectivity index (χ2v) is 6.39. The zero-order valence-electron chi connectivity index (χ0n) is 15.3. The molecule has 25 heavy (non-hydrogen) atoms. The van der Waals surface area contributed by atoms with Gasteiger partial charge in [-0.05, 0) is 31.9 Å². The molecule has 134 valence electrons. The molecule has 0 bridgehead atoms. The molecule has 0 spiro atoms. The molecule has 6 nitrogen and oxygen atoms in total. The van der Waals surface area contributed by atoms with Gasteiger partial charge >= 0.3 is 0 Å². The quantitative estimate of drug-likeness (QED) is 0.722. The Hall–Kier alpha value is -2.44. The van der Waals surface area contributed by atoms with Crippen LogP contribution in [0.5, 0.6) is 0 Å². The van der Waals surface area contributed by atoms with Crippen molar-refractivity contribution < 1.29 is 9.84 Å². The van der Waals surface area contributed by atoms with E-state index in [1.807, 2.05) is 19.2 Å². The van der Waals surface area contributed by atoms with Crippen molar-refractivity contribution in [2.45, 2.75) is 32.4 Å². The van der Waals surface area contributed by atoms with Crippen molar-refractivity contribution in [1.82, 2.24) is 14.6 Å². The zero-order chi connectivity index (χ0) is 18.6. The van der Waals surface area contributed by atoms with E-state index >= 15 is 0 Å². The molecule has 1 atom stereocenters. The van der Waals surface area contributed by atoms with E-state index in [2.05, 4.69) is 28.6 Å². The summed E-state index contributed by atoms with van der Waals surface area (Å²) in [5.74, 6) is 0.668. The molecule has 0 aromatic carbocycles. The van der Waals surface area contributed by atoms with Gasteiger partial charge in [0.2, 0.25) is 0 Å². The summed E-state index contributed by atoms with van der Waals surface area (Å²) in [5, 5.41) is 18.1. The fourth-order valence-corrected chi connectivity index (χ4v) is 2.90. The number of nitrogens with zero attached hydrogens (tertiary/aromatic N) is 3. The predicted octanol–water partition coefficient (Wildman–Crippen LogP) is 2.99. The van der Waals surface area contributed by atoms with Crippen molar-refractivity contribution in [2.24, 2.45) is 0 Å². The number of hydrogen-bond acceptors (Lipinski definition) is 5. The molecule has 0 aliphatic heterocycles. The van der Waals surface area contributed by atoms with Gasteiger partial charge in [-0.3, -0.25) is 0 Å². The van der Waals surface area contributed by atoms with E-state index in [-0.39, 0.29) is 6.04 Å². The zero-order valence-corrected chi connectivity index (χ0v) is 15.3. The summed E-state index contributed by atoms with van der Waals surface area (Å²) in [6.07, 6.45) is 8.68. The van der Waals surface area contributed by atoms with Crippen LogP contribution in [-0.2, 0) is 10.3 Å². The fraction of sp³-hybridized carbons (Fsp3) is 0.368. The Morgan fingerprint density at radius 3 is 2.76 bits per heavy atom. The highest BCUT2D eigenvalue weighted by Crippen LogP contribution is 2.30. The maximum atomic E-state index is 10.4. The Labute approximate surface area is 148 Å². The van der Waals surface area contributed by atoms with Crippen molar-refractivity contribution >= 4 is 11.3 Å². The van der Waals surface area contributed by atoms with E-state index in [0.29, 0.717) is 12.4 Å². The van der Waals surface area contributed by atoms with Crippen molar-refractivity contribution in [3.05, 3.63) is 60.6 Å². The molecule has 2 aromatic heterocycles. The standard InChI is InChI=1S/C19H26N4O2/c1-7-9-14(8-2)16(11-25-6)22-18-17-13(3)15(19(4,5)24)10-23(17)21-12-20-18/h7-10,12,16,24H,1-2,11H2,3-6H3,(H,20,21,22)/b14-9+/t16-/m1/s1. The number of aliphatic hydroxyl groups is 1. The van der Waals surface area contributed by atoms with Crippen molar-refractivity contribution in [2.75, 3.05) is 19.0 Å². The fourth-order valence-electron chi connectivity index (χ4n) is 2.90. The first kappa shape index (κ1) is 18.9. The minimum Gasteiger partial charge on any atom is -0.386 e. The molecule has 0 saturated carbocycles. The van der Waals surface area contributed by atoms with Crippen LogP contribution in [0.15, 0.2) is 49.5 Å². The number of allylic oxidation sites excluding steroid dienone is 2. The largest absolute Gasteiger partial charge is 0.386 e. The van der Waals surface area contributed by atoms with Crippen molar-refractivity contribution in [3.63, 3.8) is 0 Å². The average Bonchev–Trinajstić information content (AvgIpc) is 2.90. The summed E-state index contributed by atoms with van der Waals surface area (Å²) in [5.41, 5.74) is 2.54. The van der Waals surface area contributed by atoms with Gasteiger partial charge in [0.1, 0.15) is 11.8 Å². The molecule has 2 heterocycles. The van der Waals surface area contributed by atoms with Gasteiger partial charge in [0, 0.05) is 18.9 Å². The van der Waals surface area contributed by atoms with E-state index in [0.717, 1.165) is 22.2 Å². The maximum absolute atomic E-state index is 10.4. The van der Waals surface area contributed by atoms with E-state index < -0.39 is 5.60 Å². The number of aryl methyl sites for hydroxylation is 1. The first-order chi connectivity index (χ1) is 11.8. The Bertz CT molecular complexity index is 800. The summed E-state index contributed by atoms with van der Waals surface area (Å²) in [7, 11) is 1.65. The number of nitrogens with one attached hydrogen (secondary N) is 1. The maximum Gasteiger partial charge on any atom is 0.154 e. The Kier molecular flexibility index (Phi) is 5.77. The van der Waals surface area contributed by atoms with Gasteiger partial charge in [-0.1, -0.05) is 31.4 Å². The average molecular weight is 342 g/mol. The summed E-state index contributed by atoms with van der Waals surface area (Å²) in [6.45, 7) is 13.5. The van der Waals surface area contributed by atoms with Crippen LogP contribution in [0.2, 0.25) is 0 Å². The smallest absolute Gasteiger partial charge is 0.154 e. The van der Waals surface area contributed by atoms with Crippen LogP contribution in [-0.4, -0.2) is 39.5 Å². The lowest BCUT2D eigenvalue weighted by Crippen LogP contribution is -2.27. The number of ether oxygens (including phenoxy) is 1. The lowest BCUT2D eigenvalue weighted by molar-refractivity contribution is 0.0780. The van der Waals surface area contributed by atoms with Gasteiger partial charge in [0.25, 0.3) is 0 Å². The number of hydrogen-bond donors (Lipinski definition) is 2. The van der Waals surface area contributed by atoms with Crippen LogP contribution < -0.4 is 5.32 Å². The normalized spacial score (nSPS) is 13.7. The van der Waals surface area contributed by atoms with Gasteiger partial charge in [-0.25, -0.2) is 9.50 Å². The van der Waals surface area contributed by atoms with Crippen LogP contribution in [0.25, 0.3) is 5.52 Å². The molecule has 2 N–H and O–H groups in total. The van der Waals surface area contributed by atoms with Crippen LogP contribution in [0.1, 0.15) is 25.0 Å². The SMILES string of the molecule is C=C/C=C(\C=C)[C@@H](COC)Nc1ncnn2cc(C(C)(C)O)c(C)c12. The van der Waals surface area contributed by atoms with E-state index in [4.69, 9.17) is 4.74 Å². The summed E-state index contributed by atoms with van der Waals surface area (Å²) in [6, 6.07) is -0.140. The third-order valence-electron chi connectivity index (χ3n) is 4.08. The minimum absolute atomic E-state index is 0.140. The number of aromatic nitrogens is 3. The molecular weight excluding hydrogens is 316 g/mol. The molecule has 0 amide bonds. The summed E-state index contributed by atoms with van der Waals surface area (Å²) in [4.78, 5) is 4.39. The molecule has 2 aromatic rings. The van der Waals surface area contributed by atoms with Crippen LogP contribution in [0, 0.1) is 6.92 Å². The highest BCUT2D eigenvalue weighted by atomic mass is 16.5. The first-order valence-corrected chi connectivity index (χ1v) is 8.09. The Morgan fingerprint density at radius 1 is 1.48 bits per heavy atom. The second-order valence-electron chi connectivity index (χ2n) is 6.39. The molecule has 0 saturated heterocycles. The topological polar surface area (TPSA) is 71.7 Å². The van der Waals surface area contributed by atoms with E-state index in [9.17, 15) is 5.11 Å². The molecule has 0 aliphatic carbocycles. The first-order valence-electron chi connectivity index (χ1n) is 8.09. The lowest BCUT2D eigenvalue weighted by atomic mass is 9.97. The van der Waals surface area contributed by atoms with Gasteiger partial charge in [0.05, 0.1) is 18.2 Å². The van der Waals surface area contributed by atoms with Crippen LogP contribution in [0.3, 0.4) is 0 Å². The highest BCUT2D eigenvalue weighted by Gasteiger charge is 2.24. The number of methoxy groups -OCH3 is 1. The monoisotopic (exact) mass is 342 g/mol. The second kappa shape index (κ2) is 7.63. The summed E-state index contributed by atoms with van der Waals surface area (Å²) >= 11 is 0. The molecule has 0 aliphatic rings. The Morgan fingerprint density at radius 2 is 2.20 bits per heavy atom. The molecule has 0 unspecified atom stereocenters. The Balaban J connectivity index is 2.53. The van der Waals surface area contributed by atoms with E-state index in [1.54, 1.807) is 37.6 Å². The van der Waals surface area contributed by atoms with Gasteiger partial charge < -0.3 is 15.2 Å². The number of fused-ring (bicyclic) bond motifs is 1. The third kappa shape index (κ3) is 3.97. The minimum atomic E-state index is -0.962. The molecule has 6 heteroatoms. The lowest BCUT2D eigenvalue weighted by Gasteiger charge is -2.20. The predicted molar refractivity (Wildman–Crippen MR) is 101 cm³/mol. The van der Waals surface area contributed by atoms with Crippen LogP contribution in [0.4, 0.5) is 5.82 Å².